The number of nitrogens with one attached hydrogen (secondary N) is 1. The first-order chi connectivity index (χ1) is 13.0. The van der Waals surface area contributed by atoms with E-state index in [9.17, 15) is 9.90 Å². The van der Waals surface area contributed by atoms with Gasteiger partial charge < -0.3 is 14.8 Å². The quantitative estimate of drug-likeness (QED) is 0.578. The normalized spacial score (nSPS) is 11.1. The van der Waals surface area contributed by atoms with Gasteiger partial charge in [0.15, 0.2) is 11.6 Å². The molecule has 4 rings (SSSR count). The van der Waals surface area contributed by atoms with Crippen molar-refractivity contribution in [1.29, 1.82) is 0 Å². The number of hydrogen-bond donors (Lipinski definition) is 2. The van der Waals surface area contributed by atoms with Gasteiger partial charge in [-0.3, -0.25) is 4.68 Å². The van der Waals surface area contributed by atoms with E-state index in [1.54, 1.807) is 23.9 Å². The number of carboxylic acid groups (broad SMARTS) is 1. The fraction of sp³-hybridized carbons (Fsp3) is 0.150. The van der Waals surface area contributed by atoms with Gasteiger partial charge in [-0.1, -0.05) is 24.3 Å². The van der Waals surface area contributed by atoms with Gasteiger partial charge in [0, 0.05) is 12.6 Å². The second-order valence-electron chi connectivity index (χ2n) is 6.29. The van der Waals surface area contributed by atoms with E-state index in [4.69, 9.17) is 4.74 Å². The summed E-state index contributed by atoms with van der Waals surface area (Å²) in [5, 5.41) is 13.8. The molecule has 2 N–H and O–H groups in total. The number of methoxy groups -OCH3 is 1. The van der Waals surface area contributed by atoms with E-state index < -0.39 is 5.97 Å². The zero-order valence-corrected chi connectivity index (χ0v) is 15.1. The van der Waals surface area contributed by atoms with Crippen molar-refractivity contribution < 1.29 is 14.6 Å². The van der Waals surface area contributed by atoms with Crippen LogP contribution in [0.25, 0.3) is 33.8 Å². The van der Waals surface area contributed by atoms with Crippen LogP contribution in [0.1, 0.15) is 15.9 Å². The van der Waals surface area contributed by atoms with Gasteiger partial charge in [0.2, 0.25) is 0 Å². The summed E-state index contributed by atoms with van der Waals surface area (Å²) >= 11 is 0. The van der Waals surface area contributed by atoms with Crippen LogP contribution in [0.5, 0.6) is 5.75 Å². The standard InChI is InChI=1S/C20H18N4O3/c1-11-6-4-5-7-13(11)16-18(27-3)17(24(2)23-16)19-21-14-9-8-12(20(25)26)10-15(14)22-19/h4-10H,1-3H3,(H,21,22)(H,25,26). The SMILES string of the molecule is COc1c(-c2ccccc2C)nn(C)c1-c1nc2ccc(C(=O)O)cc2[nH]1. The number of aromatic amines is 1. The number of fused-ring (bicyclic) bond motifs is 1. The molecule has 0 aliphatic rings. The maximum atomic E-state index is 11.2. The molecule has 0 aliphatic carbocycles. The second kappa shape index (κ2) is 6.28. The molecule has 4 aromatic rings. The number of ether oxygens (including phenoxy) is 1. The Morgan fingerprint density at radius 1 is 1.22 bits per heavy atom. The summed E-state index contributed by atoms with van der Waals surface area (Å²) in [4.78, 5) is 19.0. The van der Waals surface area contributed by atoms with Gasteiger partial charge in [0.25, 0.3) is 0 Å². The highest BCUT2D eigenvalue weighted by molar-refractivity contribution is 5.93. The lowest BCUT2D eigenvalue weighted by Crippen LogP contribution is -1.96. The van der Waals surface area contributed by atoms with Crippen LogP contribution < -0.4 is 4.74 Å². The lowest BCUT2D eigenvalue weighted by Gasteiger charge is -2.05. The predicted molar refractivity (Wildman–Crippen MR) is 102 cm³/mol. The zero-order chi connectivity index (χ0) is 19.1. The molecule has 0 atom stereocenters. The highest BCUT2D eigenvalue weighted by Crippen LogP contribution is 2.38. The largest absolute Gasteiger partial charge is 0.492 e. The summed E-state index contributed by atoms with van der Waals surface area (Å²) < 4.78 is 7.40. The van der Waals surface area contributed by atoms with Crippen molar-refractivity contribution in [3.8, 4) is 28.5 Å². The average Bonchev–Trinajstić information content (AvgIpc) is 3.21. The van der Waals surface area contributed by atoms with E-state index in [-0.39, 0.29) is 5.56 Å². The number of benzene rings is 2. The molecule has 27 heavy (non-hydrogen) atoms. The molecule has 0 spiro atoms. The number of imidazole rings is 1. The third-order valence-corrected chi connectivity index (χ3v) is 4.56. The Labute approximate surface area is 155 Å². The Kier molecular flexibility index (Phi) is 3.92. The molecule has 7 nitrogen and oxygen atoms in total. The molecular weight excluding hydrogens is 344 g/mol. The first-order valence-electron chi connectivity index (χ1n) is 8.40. The molecule has 136 valence electrons. The van der Waals surface area contributed by atoms with Gasteiger partial charge >= 0.3 is 5.97 Å². The van der Waals surface area contributed by atoms with Crippen molar-refractivity contribution in [2.45, 2.75) is 6.92 Å². The minimum Gasteiger partial charge on any atom is -0.492 e. The Balaban J connectivity index is 1.91. The number of rotatable bonds is 4. The van der Waals surface area contributed by atoms with E-state index in [1.807, 2.05) is 38.2 Å². The minimum absolute atomic E-state index is 0.204. The summed E-state index contributed by atoms with van der Waals surface area (Å²) in [5.74, 6) is 0.205. The molecule has 7 heteroatoms. The van der Waals surface area contributed by atoms with Crippen molar-refractivity contribution in [2.75, 3.05) is 7.11 Å². The van der Waals surface area contributed by atoms with Crippen LogP contribution in [0.3, 0.4) is 0 Å². The summed E-state index contributed by atoms with van der Waals surface area (Å²) in [6.45, 7) is 2.03. The van der Waals surface area contributed by atoms with E-state index in [2.05, 4.69) is 15.1 Å². The molecule has 0 saturated carbocycles. The second-order valence-corrected chi connectivity index (χ2v) is 6.29. The van der Waals surface area contributed by atoms with Crippen LogP contribution in [0.15, 0.2) is 42.5 Å². The number of aromatic nitrogens is 4. The Bertz CT molecular complexity index is 1170. The smallest absolute Gasteiger partial charge is 0.335 e. The lowest BCUT2D eigenvalue weighted by atomic mass is 10.1. The molecule has 0 unspecified atom stereocenters. The van der Waals surface area contributed by atoms with Crippen molar-refractivity contribution in [3.05, 3.63) is 53.6 Å². The third kappa shape index (κ3) is 2.73. The number of carbonyl (C=O) groups is 1. The van der Waals surface area contributed by atoms with Crippen LogP contribution in [-0.2, 0) is 7.05 Å². The summed E-state index contributed by atoms with van der Waals surface area (Å²) in [6.07, 6.45) is 0. The van der Waals surface area contributed by atoms with E-state index in [0.29, 0.717) is 28.3 Å². The predicted octanol–water partition coefficient (Wildman–Crippen LogP) is 3.65. The Morgan fingerprint density at radius 3 is 2.70 bits per heavy atom. The lowest BCUT2D eigenvalue weighted by molar-refractivity contribution is 0.0697. The fourth-order valence-electron chi connectivity index (χ4n) is 3.23. The van der Waals surface area contributed by atoms with Crippen LogP contribution in [0.4, 0.5) is 0 Å². The highest BCUT2D eigenvalue weighted by atomic mass is 16.5. The maximum Gasteiger partial charge on any atom is 0.335 e. The van der Waals surface area contributed by atoms with Crippen LogP contribution in [0, 0.1) is 6.92 Å². The molecular formula is C20H18N4O3. The third-order valence-electron chi connectivity index (χ3n) is 4.56. The molecule has 2 heterocycles. The molecule has 0 saturated heterocycles. The van der Waals surface area contributed by atoms with Crippen molar-refractivity contribution in [1.82, 2.24) is 19.7 Å². The van der Waals surface area contributed by atoms with Gasteiger partial charge in [0.1, 0.15) is 11.4 Å². The molecule has 0 aliphatic heterocycles. The monoisotopic (exact) mass is 362 g/mol. The molecule has 0 bridgehead atoms. The fourth-order valence-corrected chi connectivity index (χ4v) is 3.23. The van der Waals surface area contributed by atoms with E-state index in [0.717, 1.165) is 16.8 Å². The number of nitrogens with zero attached hydrogens (tertiary/aromatic N) is 3. The Hall–Kier alpha value is -3.61. The molecule has 2 aromatic heterocycles. The van der Waals surface area contributed by atoms with Crippen LogP contribution in [0.2, 0.25) is 0 Å². The number of hydrogen-bond acceptors (Lipinski definition) is 4. The number of aromatic carboxylic acids is 1. The minimum atomic E-state index is -0.979. The van der Waals surface area contributed by atoms with Gasteiger partial charge in [-0.15, -0.1) is 0 Å². The highest BCUT2D eigenvalue weighted by Gasteiger charge is 2.23. The van der Waals surface area contributed by atoms with Crippen molar-refractivity contribution >= 4 is 17.0 Å². The summed E-state index contributed by atoms with van der Waals surface area (Å²) in [6, 6.07) is 12.8. The molecule has 0 amide bonds. The Morgan fingerprint density at radius 2 is 2.00 bits per heavy atom. The number of aryl methyl sites for hydroxylation is 2. The maximum absolute atomic E-state index is 11.2. The first-order valence-corrected chi connectivity index (χ1v) is 8.40. The van der Waals surface area contributed by atoms with Gasteiger partial charge in [-0.05, 0) is 30.7 Å². The van der Waals surface area contributed by atoms with Crippen LogP contribution >= 0.6 is 0 Å². The number of carboxylic acids is 1. The van der Waals surface area contributed by atoms with Crippen molar-refractivity contribution in [2.24, 2.45) is 7.05 Å². The van der Waals surface area contributed by atoms with Gasteiger partial charge in [-0.2, -0.15) is 5.10 Å². The molecule has 0 radical (unpaired) electrons. The van der Waals surface area contributed by atoms with E-state index in [1.165, 1.54) is 6.07 Å². The van der Waals surface area contributed by atoms with Gasteiger partial charge in [0.05, 0.1) is 23.7 Å². The molecule has 0 fully saturated rings. The summed E-state index contributed by atoms with van der Waals surface area (Å²) in [5.41, 5.74) is 5.04. The van der Waals surface area contributed by atoms with E-state index >= 15 is 0 Å². The summed E-state index contributed by atoms with van der Waals surface area (Å²) in [7, 11) is 3.43. The number of H-pyrrole nitrogens is 1. The average molecular weight is 362 g/mol. The van der Waals surface area contributed by atoms with Crippen molar-refractivity contribution in [3.63, 3.8) is 0 Å². The molecule has 2 aromatic carbocycles. The topological polar surface area (TPSA) is 93.0 Å². The van der Waals surface area contributed by atoms with Gasteiger partial charge in [-0.25, -0.2) is 9.78 Å². The zero-order valence-electron chi connectivity index (χ0n) is 15.1. The first kappa shape index (κ1) is 16.8. The van der Waals surface area contributed by atoms with Crippen LogP contribution in [-0.4, -0.2) is 37.9 Å².